The average Bonchev–Trinajstić information content (AvgIpc) is 1.63. The Balaban J connectivity index is 3.39. The molecule has 0 atom stereocenters. The zero-order valence-electron chi connectivity index (χ0n) is 5.91. The molecule has 0 bridgehead atoms. The fourth-order valence-electron chi connectivity index (χ4n) is 0.596. The molecule has 9 heavy (non-hydrogen) atoms. The van der Waals surface area contributed by atoms with Crippen LogP contribution < -0.4 is 5.32 Å². The molecule has 0 aromatic heterocycles. The van der Waals surface area contributed by atoms with Crippen LogP contribution in [0.15, 0.2) is 0 Å². The third-order valence-corrected chi connectivity index (χ3v) is 0.869. The predicted octanol–water partition coefficient (Wildman–Crippen LogP) is 0.655. The lowest BCUT2D eigenvalue weighted by molar-refractivity contribution is 0.932. The number of rotatable bonds is 4. The first-order chi connectivity index (χ1) is 4.16. The van der Waals surface area contributed by atoms with Crippen LogP contribution in [0.4, 0.5) is 0 Å². The van der Waals surface area contributed by atoms with E-state index in [-0.39, 0.29) is 0 Å². The van der Waals surface area contributed by atoms with Crippen LogP contribution in [0.2, 0.25) is 0 Å². The molecule has 0 spiro atoms. The van der Waals surface area contributed by atoms with E-state index >= 15 is 0 Å². The van der Waals surface area contributed by atoms with Gasteiger partial charge in [-0.3, -0.25) is 0 Å². The standard InChI is InChI=1S/C6H13N3/c1-5(7)3-6(8)4-9-2/h7-9H,3-4H2,1-2H3. The summed E-state index contributed by atoms with van der Waals surface area (Å²) in [5, 5.41) is 17.1. The summed E-state index contributed by atoms with van der Waals surface area (Å²) in [5.41, 5.74) is 1.13. The van der Waals surface area contributed by atoms with Gasteiger partial charge in [0.1, 0.15) is 0 Å². The molecule has 0 heterocycles. The van der Waals surface area contributed by atoms with E-state index in [9.17, 15) is 0 Å². The molecule has 0 aliphatic rings. The molecule has 0 aromatic rings. The van der Waals surface area contributed by atoms with Crippen molar-refractivity contribution in [1.82, 2.24) is 5.32 Å². The summed E-state index contributed by atoms with van der Waals surface area (Å²) in [6.07, 6.45) is 0.501. The predicted molar refractivity (Wildman–Crippen MR) is 39.7 cm³/mol. The van der Waals surface area contributed by atoms with Crippen LogP contribution >= 0.6 is 0 Å². The Morgan fingerprint density at radius 2 is 2.00 bits per heavy atom. The lowest BCUT2D eigenvalue weighted by Crippen LogP contribution is -2.19. The van der Waals surface area contributed by atoms with Crippen LogP contribution in [0.1, 0.15) is 13.3 Å². The molecule has 0 aliphatic heterocycles. The van der Waals surface area contributed by atoms with Crippen LogP contribution in [0.3, 0.4) is 0 Å². The van der Waals surface area contributed by atoms with Crippen molar-refractivity contribution in [2.24, 2.45) is 0 Å². The first-order valence-corrected chi connectivity index (χ1v) is 2.91. The van der Waals surface area contributed by atoms with Gasteiger partial charge in [0.05, 0.1) is 0 Å². The fraction of sp³-hybridized carbons (Fsp3) is 0.667. The minimum atomic E-state index is 0.501. The monoisotopic (exact) mass is 127 g/mol. The molecule has 0 saturated heterocycles. The van der Waals surface area contributed by atoms with E-state index in [0.29, 0.717) is 24.4 Å². The highest BCUT2D eigenvalue weighted by Gasteiger charge is 1.94. The Bertz CT molecular complexity index is 117. The highest BCUT2D eigenvalue weighted by atomic mass is 14.8. The van der Waals surface area contributed by atoms with Gasteiger partial charge >= 0.3 is 0 Å². The van der Waals surface area contributed by atoms with Crippen LogP contribution in [-0.2, 0) is 0 Å². The second-order valence-electron chi connectivity index (χ2n) is 2.09. The number of hydrogen-bond acceptors (Lipinski definition) is 3. The first kappa shape index (κ1) is 8.30. The van der Waals surface area contributed by atoms with Gasteiger partial charge in [-0.1, -0.05) is 0 Å². The largest absolute Gasteiger partial charge is 0.315 e. The minimum Gasteiger partial charge on any atom is -0.315 e. The van der Waals surface area contributed by atoms with Crippen molar-refractivity contribution in [3.8, 4) is 0 Å². The number of hydrogen-bond donors (Lipinski definition) is 3. The van der Waals surface area contributed by atoms with Crippen molar-refractivity contribution in [3.63, 3.8) is 0 Å². The molecule has 3 nitrogen and oxygen atoms in total. The summed E-state index contributed by atoms with van der Waals surface area (Å²) in [7, 11) is 1.80. The van der Waals surface area contributed by atoms with E-state index in [2.05, 4.69) is 5.32 Å². The van der Waals surface area contributed by atoms with Crippen molar-refractivity contribution in [2.45, 2.75) is 13.3 Å². The molecule has 3 heteroatoms. The summed E-state index contributed by atoms with van der Waals surface area (Å²) in [6, 6.07) is 0. The first-order valence-electron chi connectivity index (χ1n) is 2.91. The molecular weight excluding hydrogens is 114 g/mol. The zero-order chi connectivity index (χ0) is 7.28. The Kier molecular flexibility index (Phi) is 3.88. The van der Waals surface area contributed by atoms with E-state index in [1.165, 1.54) is 0 Å². The second kappa shape index (κ2) is 4.21. The summed E-state index contributed by atoms with van der Waals surface area (Å²) in [4.78, 5) is 0. The van der Waals surface area contributed by atoms with Gasteiger partial charge in [-0.2, -0.15) is 0 Å². The Morgan fingerprint density at radius 3 is 2.33 bits per heavy atom. The van der Waals surface area contributed by atoms with Gasteiger partial charge in [-0.15, -0.1) is 0 Å². The Hall–Kier alpha value is -0.700. The molecule has 0 saturated carbocycles. The van der Waals surface area contributed by atoms with Gasteiger partial charge in [0, 0.05) is 24.4 Å². The summed E-state index contributed by atoms with van der Waals surface area (Å²) in [6.45, 7) is 2.31. The van der Waals surface area contributed by atoms with Crippen LogP contribution in [0, 0.1) is 10.8 Å². The minimum absolute atomic E-state index is 0.501. The summed E-state index contributed by atoms with van der Waals surface area (Å²) in [5.74, 6) is 0. The zero-order valence-corrected chi connectivity index (χ0v) is 5.91. The van der Waals surface area contributed by atoms with Gasteiger partial charge in [0.15, 0.2) is 0 Å². The Morgan fingerprint density at radius 1 is 1.44 bits per heavy atom. The van der Waals surface area contributed by atoms with Crippen LogP contribution in [0.5, 0.6) is 0 Å². The highest BCUT2D eigenvalue weighted by molar-refractivity contribution is 6.01. The van der Waals surface area contributed by atoms with E-state index < -0.39 is 0 Å². The molecule has 0 unspecified atom stereocenters. The van der Waals surface area contributed by atoms with Crippen molar-refractivity contribution >= 4 is 11.4 Å². The van der Waals surface area contributed by atoms with E-state index in [0.717, 1.165) is 0 Å². The van der Waals surface area contributed by atoms with E-state index in [1.807, 2.05) is 0 Å². The Labute approximate surface area is 55.5 Å². The second-order valence-corrected chi connectivity index (χ2v) is 2.09. The van der Waals surface area contributed by atoms with Crippen molar-refractivity contribution in [3.05, 3.63) is 0 Å². The highest BCUT2D eigenvalue weighted by Crippen LogP contribution is 1.83. The van der Waals surface area contributed by atoms with Crippen LogP contribution in [0.25, 0.3) is 0 Å². The molecule has 0 amide bonds. The molecular formula is C6H13N3. The van der Waals surface area contributed by atoms with Crippen molar-refractivity contribution < 1.29 is 0 Å². The normalized spacial score (nSPS) is 9.11. The van der Waals surface area contributed by atoms with Gasteiger partial charge in [-0.05, 0) is 14.0 Å². The summed E-state index contributed by atoms with van der Waals surface area (Å²) >= 11 is 0. The maximum Gasteiger partial charge on any atom is 0.0334 e. The van der Waals surface area contributed by atoms with Crippen molar-refractivity contribution in [2.75, 3.05) is 13.6 Å². The lowest BCUT2D eigenvalue weighted by Gasteiger charge is -1.99. The maximum absolute atomic E-state index is 7.22. The van der Waals surface area contributed by atoms with Gasteiger partial charge in [0.25, 0.3) is 0 Å². The molecule has 0 fully saturated rings. The van der Waals surface area contributed by atoms with E-state index in [4.69, 9.17) is 10.8 Å². The van der Waals surface area contributed by atoms with Gasteiger partial charge in [0.2, 0.25) is 0 Å². The third kappa shape index (κ3) is 5.17. The van der Waals surface area contributed by atoms with Gasteiger partial charge in [-0.25, -0.2) is 0 Å². The fourth-order valence-corrected chi connectivity index (χ4v) is 0.596. The topological polar surface area (TPSA) is 59.7 Å². The molecule has 0 rings (SSSR count). The SMILES string of the molecule is CNCC(=N)CC(C)=N. The number of nitrogens with one attached hydrogen (secondary N) is 3. The maximum atomic E-state index is 7.22. The molecule has 0 radical (unpaired) electrons. The summed E-state index contributed by atoms with van der Waals surface area (Å²) < 4.78 is 0. The molecule has 0 aliphatic carbocycles. The van der Waals surface area contributed by atoms with Gasteiger partial charge < -0.3 is 16.1 Å². The smallest absolute Gasteiger partial charge is 0.0334 e. The molecule has 0 aromatic carbocycles. The lowest BCUT2D eigenvalue weighted by atomic mass is 10.2. The van der Waals surface area contributed by atoms with E-state index in [1.54, 1.807) is 14.0 Å². The van der Waals surface area contributed by atoms with Crippen molar-refractivity contribution in [1.29, 1.82) is 10.8 Å². The third-order valence-electron chi connectivity index (χ3n) is 0.869. The molecule has 3 N–H and O–H groups in total. The van der Waals surface area contributed by atoms with Crippen LogP contribution in [-0.4, -0.2) is 25.0 Å². The average molecular weight is 127 g/mol. The molecule has 52 valence electrons. The quantitative estimate of drug-likeness (QED) is 0.477.